The zero-order chi connectivity index (χ0) is 30.2. The number of amides is 3. The maximum absolute atomic E-state index is 13.7. The number of carbonyl (C=O) groups excluding carboxylic acids is 3. The van der Waals surface area contributed by atoms with Gasteiger partial charge in [-0.05, 0) is 67.6 Å². The summed E-state index contributed by atoms with van der Waals surface area (Å²) in [5.74, 6) is -2.02. The molecule has 3 aliphatic rings. The monoisotopic (exact) mass is 609 g/mol. The van der Waals surface area contributed by atoms with E-state index in [1.54, 1.807) is 24.1 Å². The summed E-state index contributed by atoms with van der Waals surface area (Å²) in [4.78, 5) is 43.9. The van der Waals surface area contributed by atoms with Crippen LogP contribution >= 0.6 is 11.6 Å². The van der Waals surface area contributed by atoms with Crippen LogP contribution in [0.3, 0.4) is 0 Å². The average molecular weight is 610 g/mol. The second-order valence-electron chi connectivity index (χ2n) is 11.4. The second kappa shape index (κ2) is 11.7. The third-order valence-corrected chi connectivity index (χ3v) is 9.25. The minimum absolute atomic E-state index is 0.0921. The molecule has 2 saturated heterocycles. The molecule has 2 unspecified atom stereocenters. The topological polar surface area (TPSA) is 70.2 Å². The molecule has 1 saturated carbocycles. The highest BCUT2D eigenvalue weighted by molar-refractivity contribution is 6.30. The van der Waals surface area contributed by atoms with E-state index in [-0.39, 0.29) is 62.9 Å². The zero-order valence-corrected chi connectivity index (χ0v) is 23.8. The fourth-order valence-electron chi connectivity index (χ4n) is 6.25. The number of halogens is 5. The van der Waals surface area contributed by atoms with E-state index >= 15 is 0 Å². The second-order valence-corrected chi connectivity index (χ2v) is 11.8. The van der Waals surface area contributed by atoms with E-state index in [0.717, 1.165) is 5.56 Å². The number of rotatable bonds is 5. The Morgan fingerprint density at radius 3 is 2.12 bits per heavy atom. The molecular weight excluding hydrogens is 578 g/mol. The van der Waals surface area contributed by atoms with E-state index in [2.05, 4.69) is 0 Å². The molecule has 2 atom stereocenters. The minimum Gasteiger partial charge on any atom is -0.410 e. The molecule has 2 heterocycles. The highest BCUT2D eigenvalue weighted by atomic mass is 35.5. The third kappa shape index (κ3) is 5.80. The number of hydrogen-bond donors (Lipinski definition) is 0. The molecule has 1 aliphatic carbocycles. The predicted octanol–water partition coefficient (Wildman–Crippen LogP) is 5.88. The van der Waals surface area contributed by atoms with Crippen molar-refractivity contribution < 1.29 is 36.7 Å². The maximum Gasteiger partial charge on any atom is 0.415 e. The van der Waals surface area contributed by atoms with Crippen LogP contribution < -0.4 is 4.74 Å². The van der Waals surface area contributed by atoms with Gasteiger partial charge in [0.1, 0.15) is 17.0 Å². The summed E-state index contributed by atoms with van der Waals surface area (Å²) in [5, 5.41) is 0.542. The van der Waals surface area contributed by atoms with Gasteiger partial charge in [-0.3, -0.25) is 9.59 Å². The lowest BCUT2D eigenvalue weighted by molar-refractivity contribution is -0.249. The molecule has 42 heavy (non-hydrogen) atoms. The zero-order valence-electron chi connectivity index (χ0n) is 23.1. The number of likely N-dealkylation sites (tertiary alicyclic amines) is 2. The molecule has 226 valence electrons. The summed E-state index contributed by atoms with van der Waals surface area (Å²) in [7, 11) is 1.58. The van der Waals surface area contributed by atoms with Crippen molar-refractivity contribution in [3.05, 3.63) is 64.9 Å². The van der Waals surface area contributed by atoms with Crippen LogP contribution in [-0.2, 0) is 9.59 Å². The Morgan fingerprint density at radius 2 is 1.57 bits per heavy atom. The number of likely N-dealkylation sites (N-methyl/N-ethyl adjacent to an activating group) is 1. The van der Waals surface area contributed by atoms with Crippen LogP contribution in [0.15, 0.2) is 48.5 Å². The number of piperidine rings is 1. The van der Waals surface area contributed by atoms with Crippen molar-refractivity contribution in [1.82, 2.24) is 14.7 Å². The van der Waals surface area contributed by atoms with Crippen LogP contribution in [0.5, 0.6) is 5.75 Å². The number of carbonyl (C=O) groups is 3. The molecule has 2 aliphatic heterocycles. The third-order valence-electron chi connectivity index (χ3n) is 8.99. The number of ether oxygens (including phenoxy) is 1. The molecule has 0 aromatic heterocycles. The Balaban J connectivity index is 1.26. The first kappa shape index (κ1) is 30.1. The standard InChI is InChI=1S/C30H32ClF4N3O4/c1-36(28(41)42-23-9-7-22(32)8-10-23)25-18-38(17-24(25)19-3-5-21(31)6-4-19)26(39)20-11-15-37(16-12-20)27(40)29(13-2-14-29)30(33,34)35/h3-10,20,24-25H,2,11-18H2,1H3. The highest BCUT2D eigenvalue weighted by Crippen LogP contribution is 2.54. The van der Waals surface area contributed by atoms with Crippen LogP contribution in [0.2, 0.25) is 5.02 Å². The van der Waals surface area contributed by atoms with Gasteiger partial charge in [0.2, 0.25) is 11.8 Å². The van der Waals surface area contributed by atoms with Gasteiger partial charge in [0.15, 0.2) is 0 Å². The van der Waals surface area contributed by atoms with Crippen molar-refractivity contribution in [2.45, 2.75) is 50.2 Å². The van der Waals surface area contributed by atoms with Crippen LogP contribution in [0.1, 0.15) is 43.6 Å². The van der Waals surface area contributed by atoms with Gasteiger partial charge in [0, 0.05) is 50.1 Å². The van der Waals surface area contributed by atoms with Crippen molar-refractivity contribution >= 4 is 29.5 Å². The van der Waals surface area contributed by atoms with Crippen LogP contribution in [0, 0.1) is 17.2 Å². The largest absolute Gasteiger partial charge is 0.415 e. The Bertz CT molecular complexity index is 1310. The summed E-state index contributed by atoms with van der Waals surface area (Å²) < 4.78 is 59.8. The predicted molar refractivity (Wildman–Crippen MR) is 146 cm³/mol. The van der Waals surface area contributed by atoms with Crippen LogP contribution in [-0.4, -0.2) is 78.1 Å². The molecule has 3 fully saturated rings. The van der Waals surface area contributed by atoms with Crippen LogP contribution in [0.25, 0.3) is 0 Å². The molecule has 5 rings (SSSR count). The van der Waals surface area contributed by atoms with E-state index in [0.29, 0.717) is 18.0 Å². The first-order valence-corrected chi connectivity index (χ1v) is 14.4. The van der Waals surface area contributed by atoms with Gasteiger partial charge in [-0.25, -0.2) is 9.18 Å². The van der Waals surface area contributed by atoms with Crippen molar-refractivity contribution in [3.63, 3.8) is 0 Å². The van der Waals surface area contributed by atoms with Gasteiger partial charge in [-0.1, -0.05) is 30.2 Å². The lowest BCUT2D eigenvalue weighted by Crippen LogP contribution is -2.57. The van der Waals surface area contributed by atoms with Gasteiger partial charge in [0.25, 0.3) is 0 Å². The van der Waals surface area contributed by atoms with Gasteiger partial charge in [-0.2, -0.15) is 13.2 Å². The first-order chi connectivity index (χ1) is 19.9. The Morgan fingerprint density at radius 1 is 0.952 bits per heavy atom. The summed E-state index contributed by atoms with van der Waals surface area (Å²) in [5.41, 5.74) is -1.41. The molecule has 2 aromatic carbocycles. The minimum atomic E-state index is -4.58. The fraction of sp³-hybridized carbons (Fsp3) is 0.500. The molecule has 0 spiro atoms. The molecule has 2 aromatic rings. The van der Waals surface area contributed by atoms with E-state index in [4.69, 9.17) is 16.3 Å². The van der Waals surface area contributed by atoms with Crippen molar-refractivity contribution in [3.8, 4) is 5.75 Å². The van der Waals surface area contributed by atoms with E-state index in [1.165, 1.54) is 34.1 Å². The summed E-state index contributed by atoms with van der Waals surface area (Å²) in [6.07, 6.45) is -4.71. The van der Waals surface area contributed by atoms with Gasteiger partial charge >= 0.3 is 12.3 Å². The normalized spacial score (nSPS) is 22.4. The van der Waals surface area contributed by atoms with Gasteiger partial charge in [-0.15, -0.1) is 0 Å². The Hall–Kier alpha value is -3.34. The van der Waals surface area contributed by atoms with Crippen molar-refractivity contribution in [2.75, 3.05) is 33.2 Å². The summed E-state index contributed by atoms with van der Waals surface area (Å²) in [6, 6.07) is 11.8. The number of alkyl halides is 3. The molecule has 3 amide bonds. The Labute approximate surface area is 246 Å². The molecule has 12 heteroatoms. The number of nitrogens with zero attached hydrogens (tertiary/aromatic N) is 3. The van der Waals surface area contributed by atoms with Crippen LogP contribution in [0.4, 0.5) is 22.4 Å². The summed E-state index contributed by atoms with van der Waals surface area (Å²) in [6.45, 7) is 0.719. The SMILES string of the molecule is CN(C(=O)Oc1ccc(F)cc1)C1CN(C(=O)C2CCN(C(=O)C3(C(F)(F)F)CCC3)CC2)CC1c1ccc(Cl)cc1. The molecule has 0 bridgehead atoms. The molecular formula is C30H32ClF4N3O4. The number of benzene rings is 2. The lowest BCUT2D eigenvalue weighted by Gasteiger charge is -2.45. The summed E-state index contributed by atoms with van der Waals surface area (Å²) >= 11 is 6.08. The highest BCUT2D eigenvalue weighted by Gasteiger charge is 2.64. The van der Waals surface area contributed by atoms with Gasteiger partial charge < -0.3 is 19.4 Å². The lowest BCUT2D eigenvalue weighted by atomic mass is 9.67. The van der Waals surface area contributed by atoms with Crippen molar-refractivity contribution in [2.24, 2.45) is 11.3 Å². The number of hydrogen-bond acceptors (Lipinski definition) is 4. The molecule has 0 radical (unpaired) electrons. The average Bonchev–Trinajstić information content (AvgIpc) is 3.38. The van der Waals surface area contributed by atoms with E-state index in [9.17, 15) is 31.9 Å². The maximum atomic E-state index is 13.7. The fourth-order valence-corrected chi connectivity index (χ4v) is 6.37. The quantitative estimate of drug-likeness (QED) is 0.397. The Kier molecular flexibility index (Phi) is 8.42. The molecule has 0 N–H and O–H groups in total. The smallest absolute Gasteiger partial charge is 0.410 e. The molecule has 7 nitrogen and oxygen atoms in total. The first-order valence-electron chi connectivity index (χ1n) is 14.0. The van der Waals surface area contributed by atoms with E-state index in [1.807, 2.05) is 12.1 Å². The van der Waals surface area contributed by atoms with Crippen molar-refractivity contribution in [1.29, 1.82) is 0 Å². The van der Waals surface area contributed by atoms with E-state index < -0.39 is 41.4 Å². The van der Waals surface area contributed by atoms with Gasteiger partial charge in [0.05, 0.1) is 6.04 Å².